The standard InChI is InChI=1S/C20H18ClOP/c1-22-15-18-19(21)13-8-14-20(18)23(16-9-4-2-5-10-16)17-11-6-3-7-12-17/h2-14H,15H2,1H3. The van der Waals surface area contributed by atoms with Crippen LogP contribution >= 0.6 is 19.5 Å². The highest BCUT2D eigenvalue weighted by atomic mass is 35.5. The van der Waals surface area contributed by atoms with E-state index in [1.54, 1.807) is 7.11 Å². The molecule has 0 heterocycles. The van der Waals surface area contributed by atoms with E-state index < -0.39 is 7.92 Å². The number of ether oxygens (including phenoxy) is 1. The lowest BCUT2D eigenvalue weighted by atomic mass is 10.2. The molecule has 116 valence electrons. The largest absolute Gasteiger partial charge is 0.380 e. The molecule has 0 N–H and O–H groups in total. The maximum absolute atomic E-state index is 6.46. The van der Waals surface area contributed by atoms with E-state index in [4.69, 9.17) is 16.3 Å². The number of methoxy groups -OCH3 is 1. The molecule has 0 radical (unpaired) electrons. The molecule has 0 bridgehead atoms. The van der Waals surface area contributed by atoms with Gasteiger partial charge in [0, 0.05) is 17.7 Å². The lowest BCUT2D eigenvalue weighted by molar-refractivity contribution is 0.185. The average Bonchev–Trinajstić information content (AvgIpc) is 2.60. The number of halogens is 1. The van der Waals surface area contributed by atoms with Crippen LogP contribution in [-0.2, 0) is 11.3 Å². The minimum Gasteiger partial charge on any atom is -0.380 e. The summed E-state index contributed by atoms with van der Waals surface area (Å²) in [5, 5.41) is 4.65. The van der Waals surface area contributed by atoms with E-state index >= 15 is 0 Å². The Balaban J connectivity index is 2.19. The maximum atomic E-state index is 6.46. The van der Waals surface area contributed by atoms with Crippen LogP contribution in [0.2, 0.25) is 5.02 Å². The molecule has 0 aliphatic heterocycles. The third-order valence-corrected chi connectivity index (χ3v) is 6.54. The zero-order chi connectivity index (χ0) is 16.1. The maximum Gasteiger partial charge on any atom is 0.0734 e. The summed E-state index contributed by atoms with van der Waals surface area (Å²) in [5.41, 5.74) is 1.08. The van der Waals surface area contributed by atoms with Crippen LogP contribution in [0.4, 0.5) is 0 Å². The summed E-state index contributed by atoms with van der Waals surface area (Å²) in [7, 11) is 1.05. The second kappa shape index (κ2) is 7.75. The Morgan fingerprint density at radius 2 is 1.35 bits per heavy atom. The molecule has 3 heteroatoms. The molecule has 0 unspecified atom stereocenters. The van der Waals surface area contributed by atoms with Crippen molar-refractivity contribution in [2.75, 3.05) is 7.11 Å². The van der Waals surface area contributed by atoms with E-state index in [0.717, 1.165) is 10.6 Å². The second-order valence-electron chi connectivity index (χ2n) is 5.18. The Morgan fingerprint density at radius 3 is 1.87 bits per heavy atom. The Kier molecular flexibility index (Phi) is 5.46. The highest BCUT2D eigenvalue weighted by molar-refractivity contribution is 7.79. The molecule has 0 aliphatic rings. The molecule has 0 atom stereocenters. The van der Waals surface area contributed by atoms with Crippen LogP contribution in [0, 0.1) is 0 Å². The molecule has 0 saturated carbocycles. The minimum absolute atomic E-state index is 0.521. The first-order valence-electron chi connectivity index (χ1n) is 7.48. The second-order valence-corrected chi connectivity index (χ2v) is 7.77. The number of benzene rings is 3. The van der Waals surface area contributed by atoms with E-state index in [9.17, 15) is 0 Å². The van der Waals surface area contributed by atoms with Gasteiger partial charge in [0.25, 0.3) is 0 Å². The molecule has 23 heavy (non-hydrogen) atoms. The topological polar surface area (TPSA) is 9.23 Å². The van der Waals surface area contributed by atoms with Crippen LogP contribution in [0.3, 0.4) is 0 Å². The summed E-state index contributed by atoms with van der Waals surface area (Å²) in [5.74, 6) is 0. The van der Waals surface area contributed by atoms with E-state index in [-0.39, 0.29) is 0 Å². The molecule has 0 spiro atoms. The zero-order valence-corrected chi connectivity index (χ0v) is 14.6. The molecular formula is C20H18ClOP. The van der Waals surface area contributed by atoms with Gasteiger partial charge in [0.2, 0.25) is 0 Å². The number of hydrogen-bond donors (Lipinski definition) is 0. The third kappa shape index (κ3) is 3.64. The fraction of sp³-hybridized carbons (Fsp3) is 0.100. The molecule has 0 aliphatic carbocycles. The van der Waals surface area contributed by atoms with Crippen molar-refractivity contribution in [3.8, 4) is 0 Å². The Bertz CT molecular complexity index is 720. The molecule has 0 fully saturated rings. The van der Waals surface area contributed by atoms with Gasteiger partial charge in [-0.15, -0.1) is 0 Å². The van der Waals surface area contributed by atoms with Crippen molar-refractivity contribution in [2.45, 2.75) is 6.61 Å². The predicted molar refractivity (Wildman–Crippen MR) is 101 cm³/mol. The van der Waals surface area contributed by atoms with Crippen molar-refractivity contribution in [3.05, 3.63) is 89.4 Å². The van der Waals surface area contributed by atoms with Crippen molar-refractivity contribution in [2.24, 2.45) is 0 Å². The van der Waals surface area contributed by atoms with Gasteiger partial charge in [-0.3, -0.25) is 0 Å². The zero-order valence-electron chi connectivity index (χ0n) is 12.9. The quantitative estimate of drug-likeness (QED) is 0.631. The van der Waals surface area contributed by atoms with Crippen LogP contribution in [-0.4, -0.2) is 7.11 Å². The van der Waals surface area contributed by atoms with Gasteiger partial charge in [-0.25, -0.2) is 0 Å². The van der Waals surface area contributed by atoms with Gasteiger partial charge in [-0.1, -0.05) is 84.4 Å². The first-order valence-corrected chi connectivity index (χ1v) is 9.20. The summed E-state index contributed by atoms with van der Waals surface area (Å²) in [6.45, 7) is 0.521. The number of hydrogen-bond acceptors (Lipinski definition) is 1. The first kappa shape index (κ1) is 16.2. The molecule has 0 amide bonds. The lowest BCUT2D eigenvalue weighted by Crippen LogP contribution is -2.23. The van der Waals surface area contributed by atoms with Crippen molar-refractivity contribution >= 4 is 35.4 Å². The Morgan fingerprint density at radius 1 is 0.783 bits per heavy atom. The van der Waals surface area contributed by atoms with Gasteiger partial charge >= 0.3 is 0 Å². The van der Waals surface area contributed by atoms with Gasteiger partial charge in [-0.2, -0.15) is 0 Å². The fourth-order valence-electron chi connectivity index (χ4n) is 2.63. The Hall–Kier alpha value is -1.66. The third-order valence-electron chi connectivity index (χ3n) is 3.65. The molecule has 0 saturated heterocycles. The summed E-state index contributed by atoms with van der Waals surface area (Å²) < 4.78 is 5.40. The molecule has 3 aromatic carbocycles. The normalized spacial score (nSPS) is 10.9. The van der Waals surface area contributed by atoms with E-state index in [2.05, 4.69) is 66.7 Å². The monoisotopic (exact) mass is 340 g/mol. The predicted octanol–water partition coefficient (Wildman–Crippen LogP) is 4.24. The fourth-order valence-corrected chi connectivity index (χ4v) is 5.41. The molecule has 3 rings (SSSR count). The van der Waals surface area contributed by atoms with Gasteiger partial charge in [0.05, 0.1) is 6.61 Å². The van der Waals surface area contributed by atoms with E-state index in [1.165, 1.54) is 15.9 Å². The van der Waals surface area contributed by atoms with Crippen molar-refractivity contribution in [1.82, 2.24) is 0 Å². The average molecular weight is 341 g/mol. The summed E-state index contributed by atoms with van der Waals surface area (Å²) in [6.07, 6.45) is 0. The highest BCUT2D eigenvalue weighted by Crippen LogP contribution is 2.35. The Labute approximate surface area is 143 Å². The van der Waals surface area contributed by atoms with Crippen LogP contribution < -0.4 is 15.9 Å². The van der Waals surface area contributed by atoms with Crippen LogP contribution in [0.1, 0.15) is 5.56 Å². The van der Waals surface area contributed by atoms with Crippen LogP contribution in [0.15, 0.2) is 78.9 Å². The van der Waals surface area contributed by atoms with Gasteiger partial charge in [0.15, 0.2) is 0 Å². The first-order chi connectivity index (χ1) is 11.3. The van der Waals surface area contributed by atoms with Crippen molar-refractivity contribution in [1.29, 1.82) is 0 Å². The van der Waals surface area contributed by atoms with Crippen molar-refractivity contribution < 1.29 is 4.74 Å². The van der Waals surface area contributed by atoms with Crippen LogP contribution in [0.25, 0.3) is 0 Å². The summed E-state index contributed by atoms with van der Waals surface area (Å²) >= 11 is 6.46. The van der Waals surface area contributed by atoms with Gasteiger partial charge < -0.3 is 4.74 Å². The van der Waals surface area contributed by atoms with E-state index in [0.29, 0.717) is 6.61 Å². The molecule has 0 aromatic heterocycles. The highest BCUT2D eigenvalue weighted by Gasteiger charge is 2.20. The smallest absolute Gasteiger partial charge is 0.0734 e. The van der Waals surface area contributed by atoms with Gasteiger partial charge in [-0.05, 0) is 29.9 Å². The van der Waals surface area contributed by atoms with Crippen LogP contribution in [0.5, 0.6) is 0 Å². The molecule has 3 aromatic rings. The molecule has 1 nitrogen and oxygen atoms in total. The minimum atomic E-state index is -0.659. The molecular weight excluding hydrogens is 323 g/mol. The summed E-state index contributed by atoms with van der Waals surface area (Å²) in [4.78, 5) is 0. The summed E-state index contributed by atoms with van der Waals surface area (Å²) in [6, 6.07) is 27.4. The van der Waals surface area contributed by atoms with E-state index in [1.807, 2.05) is 12.1 Å². The van der Waals surface area contributed by atoms with Gasteiger partial charge in [0.1, 0.15) is 0 Å². The lowest BCUT2D eigenvalue weighted by Gasteiger charge is -2.22. The number of rotatable bonds is 5. The SMILES string of the molecule is COCc1c(Cl)cccc1P(c1ccccc1)c1ccccc1. The van der Waals surface area contributed by atoms with Crippen molar-refractivity contribution in [3.63, 3.8) is 0 Å².